The first kappa shape index (κ1) is 37.8. The van der Waals surface area contributed by atoms with Gasteiger partial charge in [0.1, 0.15) is 11.4 Å². The first-order chi connectivity index (χ1) is 18.9. The number of nitrogens with zero attached hydrogens (tertiary/aromatic N) is 4. The maximum absolute atomic E-state index is 14.4. The molecule has 3 aliphatic rings. The SMILES string of the molecule is CCc1nn(CC)c2c1CCC21CCN(C[C@H]2CC(C(=O)O)(N(C)CC(C)(C)C)C[C@@H]2c2cccc(F)c2)CC1.Cl.Cl.Cl. The van der Waals surface area contributed by atoms with Crippen LogP contribution in [0, 0.1) is 17.2 Å². The number of hydrogen-bond donors (Lipinski definition) is 1. The van der Waals surface area contributed by atoms with E-state index >= 15 is 0 Å². The Hall–Kier alpha value is -1.38. The molecular formula is C33H52Cl3FN4O2. The molecule has 0 radical (unpaired) electrons. The van der Waals surface area contributed by atoms with Crippen molar-refractivity contribution in [3.63, 3.8) is 0 Å². The summed E-state index contributed by atoms with van der Waals surface area (Å²) >= 11 is 0. The lowest BCUT2D eigenvalue weighted by Gasteiger charge is -2.42. The zero-order valence-corrected chi connectivity index (χ0v) is 29.1. The predicted octanol–water partition coefficient (Wildman–Crippen LogP) is 7.14. The number of halogens is 4. The molecule has 2 aliphatic carbocycles. The van der Waals surface area contributed by atoms with Crippen LogP contribution in [0.3, 0.4) is 0 Å². The summed E-state index contributed by atoms with van der Waals surface area (Å²) in [7, 11) is 1.97. The molecule has 1 aromatic heterocycles. The zero-order chi connectivity index (χ0) is 28.9. The van der Waals surface area contributed by atoms with E-state index in [1.807, 2.05) is 13.1 Å². The third kappa shape index (κ3) is 7.22. The van der Waals surface area contributed by atoms with Gasteiger partial charge in [-0.25, -0.2) is 4.39 Å². The molecule has 43 heavy (non-hydrogen) atoms. The van der Waals surface area contributed by atoms with Crippen molar-refractivity contribution >= 4 is 43.2 Å². The van der Waals surface area contributed by atoms with Gasteiger partial charge < -0.3 is 10.0 Å². The summed E-state index contributed by atoms with van der Waals surface area (Å²) in [6.07, 6.45) is 6.71. The summed E-state index contributed by atoms with van der Waals surface area (Å²) in [4.78, 5) is 17.6. The molecule has 10 heteroatoms. The topological polar surface area (TPSA) is 61.6 Å². The van der Waals surface area contributed by atoms with Crippen LogP contribution < -0.4 is 0 Å². The normalized spacial score (nSPS) is 24.7. The van der Waals surface area contributed by atoms with Gasteiger partial charge in [0.2, 0.25) is 0 Å². The number of aliphatic carboxylic acids is 1. The van der Waals surface area contributed by atoms with Gasteiger partial charge in [0, 0.05) is 30.7 Å². The molecule has 1 spiro atoms. The minimum absolute atomic E-state index is 0. The van der Waals surface area contributed by atoms with E-state index in [1.54, 1.807) is 12.1 Å². The van der Waals surface area contributed by atoms with Gasteiger partial charge in [0.25, 0.3) is 0 Å². The van der Waals surface area contributed by atoms with Gasteiger partial charge in [-0.15, -0.1) is 37.2 Å². The molecule has 2 fully saturated rings. The van der Waals surface area contributed by atoms with Crippen LogP contribution in [-0.2, 0) is 29.6 Å². The second-order valence-electron chi connectivity index (χ2n) is 14.1. The Morgan fingerprint density at radius 2 is 1.79 bits per heavy atom. The maximum atomic E-state index is 14.4. The van der Waals surface area contributed by atoms with Crippen LogP contribution in [0.4, 0.5) is 4.39 Å². The number of likely N-dealkylation sites (tertiary alicyclic amines) is 1. The van der Waals surface area contributed by atoms with Crippen molar-refractivity contribution in [1.29, 1.82) is 0 Å². The van der Waals surface area contributed by atoms with Gasteiger partial charge in [-0.05, 0) is 113 Å². The van der Waals surface area contributed by atoms with Crippen molar-refractivity contribution in [1.82, 2.24) is 19.6 Å². The number of carboxylic acid groups (broad SMARTS) is 1. The summed E-state index contributed by atoms with van der Waals surface area (Å²) in [5, 5.41) is 15.6. The Balaban J connectivity index is 0.00000215. The third-order valence-corrected chi connectivity index (χ3v) is 10.3. The molecule has 6 nitrogen and oxygen atoms in total. The highest BCUT2D eigenvalue weighted by Crippen LogP contribution is 2.51. The van der Waals surface area contributed by atoms with Gasteiger partial charge in [-0.2, -0.15) is 5.10 Å². The average Bonchev–Trinajstić information content (AvgIpc) is 3.57. The number of piperidine rings is 1. The number of fused-ring (bicyclic) bond motifs is 2. The third-order valence-electron chi connectivity index (χ3n) is 10.3. The molecule has 2 aromatic rings. The molecule has 244 valence electrons. The standard InChI is InChI=1S/C33H49FN4O2.3ClH/c1-7-28-26-12-13-32(29(26)38(8-2)35-28)14-16-37(17-15-32)21-24-19-33(30(39)40,36(6)22-31(3,4)5)20-27(24)23-10-9-11-25(34)18-23;;;/h9-11,18,24,27H,7-8,12-17,19-22H2,1-6H3,(H,39,40);3*1H/t24-,27-,33?;;;/m1.../s1. The van der Waals surface area contributed by atoms with E-state index in [4.69, 9.17) is 5.10 Å². The largest absolute Gasteiger partial charge is 0.480 e. The highest BCUT2D eigenvalue weighted by Gasteiger charge is 2.54. The Morgan fingerprint density at radius 3 is 2.35 bits per heavy atom. The highest BCUT2D eigenvalue weighted by atomic mass is 35.5. The summed E-state index contributed by atoms with van der Waals surface area (Å²) < 4.78 is 16.7. The van der Waals surface area contributed by atoms with E-state index in [-0.39, 0.29) is 65.7 Å². The molecule has 1 N–H and O–H groups in total. The van der Waals surface area contributed by atoms with Gasteiger partial charge in [-0.3, -0.25) is 14.4 Å². The Morgan fingerprint density at radius 1 is 1.12 bits per heavy atom. The molecular weight excluding hydrogens is 610 g/mol. The van der Waals surface area contributed by atoms with E-state index in [1.165, 1.54) is 29.4 Å². The predicted molar refractivity (Wildman–Crippen MR) is 179 cm³/mol. The maximum Gasteiger partial charge on any atom is 0.324 e. The molecule has 1 unspecified atom stereocenters. The second-order valence-corrected chi connectivity index (χ2v) is 14.1. The minimum Gasteiger partial charge on any atom is -0.480 e. The number of carboxylic acids is 1. The summed E-state index contributed by atoms with van der Waals surface area (Å²) in [6.45, 7) is 15.4. The molecule has 2 heterocycles. The minimum atomic E-state index is -0.948. The van der Waals surface area contributed by atoms with Crippen LogP contribution in [0.2, 0.25) is 0 Å². The quantitative estimate of drug-likeness (QED) is 0.326. The lowest BCUT2D eigenvalue weighted by Crippen LogP contribution is -2.53. The highest BCUT2D eigenvalue weighted by molar-refractivity contribution is 5.86. The second kappa shape index (κ2) is 14.4. The summed E-state index contributed by atoms with van der Waals surface area (Å²) in [6, 6.07) is 6.87. The Labute approximate surface area is 276 Å². The van der Waals surface area contributed by atoms with Gasteiger partial charge in [0.05, 0.1) is 5.69 Å². The van der Waals surface area contributed by atoms with Crippen LogP contribution in [0.25, 0.3) is 0 Å². The van der Waals surface area contributed by atoms with E-state index in [2.05, 4.69) is 49.1 Å². The fourth-order valence-electron chi connectivity index (χ4n) is 8.40. The number of rotatable bonds is 8. The number of aromatic nitrogens is 2. The van der Waals surface area contributed by atoms with Crippen LogP contribution in [0.15, 0.2) is 24.3 Å². The molecule has 3 atom stereocenters. The number of aryl methyl sites for hydroxylation is 2. The van der Waals surface area contributed by atoms with Crippen molar-refractivity contribution < 1.29 is 14.3 Å². The van der Waals surface area contributed by atoms with Gasteiger partial charge >= 0.3 is 5.97 Å². The number of carbonyl (C=O) groups is 1. The van der Waals surface area contributed by atoms with Crippen LogP contribution in [0.5, 0.6) is 0 Å². The Bertz CT molecular complexity index is 1240. The lowest BCUT2D eigenvalue weighted by molar-refractivity contribution is -0.151. The van der Waals surface area contributed by atoms with Crippen LogP contribution in [0.1, 0.15) is 95.2 Å². The van der Waals surface area contributed by atoms with E-state index < -0.39 is 11.5 Å². The van der Waals surface area contributed by atoms with E-state index in [0.717, 1.165) is 57.4 Å². The molecule has 0 bridgehead atoms. The van der Waals surface area contributed by atoms with E-state index in [9.17, 15) is 14.3 Å². The van der Waals surface area contributed by atoms with Gasteiger partial charge in [-0.1, -0.05) is 39.8 Å². The fraction of sp³-hybridized carbons (Fsp3) is 0.697. The molecule has 1 aromatic carbocycles. The first-order valence-corrected chi connectivity index (χ1v) is 15.4. The van der Waals surface area contributed by atoms with Crippen molar-refractivity contribution in [2.75, 3.05) is 33.2 Å². The average molecular weight is 662 g/mol. The molecule has 0 amide bonds. The van der Waals surface area contributed by atoms with Crippen molar-refractivity contribution in [2.45, 2.75) is 103 Å². The summed E-state index contributed by atoms with van der Waals surface area (Å²) in [5.74, 6) is -0.833. The van der Waals surface area contributed by atoms with Crippen LogP contribution >= 0.6 is 37.2 Å². The molecule has 1 saturated carbocycles. The van der Waals surface area contributed by atoms with Crippen molar-refractivity contribution in [3.05, 3.63) is 52.6 Å². The molecule has 1 aliphatic heterocycles. The Kier molecular flexibility index (Phi) is 12.6. The molecule has 5 rings (SSSR count). The number of hydrogen-bond acceptors (Lipinski definition) is 4. The summed E-state index contributed by atoms with van der Waals surface area (Å²) in [5.41, 5.74) is 4.48. The van der Waals surface area contributed by atoms with Crippen LogP contribution in [-0.4, -0.2) is 69.4 Å². The van der Waals surface area contributed by atoms with E-state index in [0.29, 0.717) is 19.4 Å². The number of likely N-dealkylation sites (N-methyl/N-ethyl adjacent to an activating group) is 1. The monoisotopic (exact) mass is 660 g/mol. The number of benzene rings is 1. The van der Waals surface area contributed by atoms with Gasteiger partial charge in [0.15, 0.2) is 0 Å². The lowest BCUT2D eigenvalue weighted by atomic mass is 9.75. The zero-order valence-electron chi connectivity index (χ0n) is 26.7. The van der Waals surface area contributed by atoms with Crippen molar-refractivity contribution in [3.8, 4) is 0 Å². The van der Waals surface area contributed by atoms with Crippen molar-refractivity contribution in [2.24, 2.45) is 11.3 Å². The fourth-order valence-corrected chi connectivity index (χ4v) is 8.40. The first-order valence-electron chi connectivity index (χ1n) is 15.4. The smallest absolute Gasteiger partial charge is 0.324 e. The molecule has 1 saturated heterocycles.